The molecule has 2 fully saturated rings. The predicted molar refractivity (Wildman–Crippen MR) is 117 cm³/mol. The molecule has 0 aliphatic carbocycles. The van der Waals surface area contributed by atoms with Crippen LogP contribution in [0.1, 0.15) is 0 Å². The van der Waals surface area contributed by atoms with Crippen LogP contribution in [0.3, 0.4) is 0 Å². The summed E-state index contributed by atoms with van der Waals surface area (Å²) in [4.78, 5) is 19.4. The summed E-state index contributed by atoms with van der Waals surface area (Å²) in [6.07, 6.45) is -1.73. The van der Waals surface area contributed by atoms with E-state index >= 15 is 0 Å². The van der Waals surface area contributed by atoms with Crippen molar-refractivity contribution in [2.24, 2.45) is 10.7 Å². The Morgan fingerprint density at radius 2 is 2.16 bits per heavy atom. The van der Waals surface area contributed by atoms with Gasteiger partial charge in [0.25, 0.3) is 0 Å². The fourth-order valence-corrected chi connectivity index (χ4v) is 6.25. The monoisotopic (exact) mass is 487 g/mol. The molecule has 4 heterocycles. The maximum absolute atomic E-state index is 9.87. The van der Waals surface area contributed by atoms with Gasteiger partial charge in [-0.25, -0.2) is 4.99 Å². The topological polar surface area (TPSA) is 114 Å². The number of nitrogens with zero attached hydrogens (tertiary/aromatic N) is 3. The van der Waals surface area contributed by atoms with Gasteiger partial charge >= 0.3 is 8.60 Å². The van der Waals surface area contributed by atoms with Crippen molar-refractivity contribution in [3.05, 3.63) is 40.8 Å². The SMILES string of the molecule is COC1C(N2C3=C(C(N)=NCN3)N(C)C2Sc2ccc(Cl)cc2)OC2CO[P@@](O)O[C@H]21. The number of nitrogens with one attached hydrogen (secondary N) is 1. The molecule has 1 aromatic carbocycles. The van der Waals surface area contributed by atoms with E-state index in [0.29, 0.717) is 17.5 Å². The molecule has 10 nitrogen and oxygen atoms in total. The normalized spacial score (nSPS) is 35.0. The lowest BCUT2D eigenvalue weighted by atomic mass is 10.1. The Morgan fingerprint density at radius 1 is 1.39 bits per heavy atom. The Bertz CT molecular complexity index is 908. The van der Waals surface area contributed by atoms with Crippen LogP contribution in [0, 0.1) is 0 Å². The Labute approximate surface area is 190 Å². The highest BCUT2D eigenvalue weighted by Gasteiger charge is 2.56. The number of ether oxygens (including phenoxy) is 2. The van der Waals surface area contributed by atoms with E-state index in [1.54, 1.807) is 18.9 Å². The molecule has 0 aromatic heterocycles. The summed E-state index contributed by atoms with van der Waals surface area (Å²) in [6.45, 7) is 0.608. The maximum atomic E-state index is 9.87. The van der Waals surface area contributed by atoms with E-state index in [9.17, 15) is 4.89 Å². The number of benzene rings is 1. The molecule has 168 valence electrons. The van der Waals surface area contributed by atoms with Crippen molar-refractivity contribution in [2.45, 2.75) is 34.9 Å². The number of fused-ring (bicyclic) bond motifs is 1. The molecule has 13 heteroatoms. The summed E-state index contributed by atoms with van der Waals surface area (Å²) in [5.74, 6) is 1.28. The summed E-state index contributed by atoms with van der Waals surface area (Å²) in [5, 5.41) is 4.02. The van der Waals surface area contributed by atoms with Gasteiger partial charge in [-0.15, -0.1) is 0 Å². The third kappa shape index (κ3) is 3.77. The Kier molecular flexibility index (Phi) is 5.95. The molecule has 0 spiro atoms. The molecule has 5 rings (SSSR count). The molecule has 0 radical (unpaired) electrons. The van der Waals surface area contributed by atoms with Gasteiger partial charge < -0.3 is 39.4 Å². The summed E-state index contributed by atoms with van der Waals surface area (Å²) >= 11 is 7.69. The highest BCUT2D eigenvalue weighted by Crippen LogP contribution is 2.48. The zero-order chi connectivity index (χ0) is 21.7. The van der Waals surface area contributed by atoms with Crippen molar-refractivity contribution in [1.29, 1.82) is 0 Å². The largest absolute Gasteiger partial charge is 0.382 e. The third-order valence-corrected chi connectivity index (χ3v) is 7.94. The third-order valence-electron chi connectivity index (χ3n) is 5.59. The van der Waals surface area contributed by atoms with Crippen LogP contribution in [0.4, 0.5) is 0 Å². The van der Waals surface area contributed by atoms with Crippen LogP contribution in [0.15, 0.2) is 45.7 Å². The van der Waals surface area contributed by atoms with Crippen molar-refractivity contribution in [3.63, 3.8) is 0 Å². The molecule has 2 saturated heterocycles. The standard InChI is InChI=1S/C18H23ClN5O5PS/c1-23-12-15(20)21-8-22-16(12)24(18(23)31-10-5-3-9(19)4-6-10)17-14(26-2)13-11(28-17)7-27-30(25)29-13/h3-6,11,13-14,17-18,22,25H,7-8H2,1-2H3,(H2,20,21)/t11?,13-,14?,17?,18?,30-/m1/s1. The summed E-state index contributed by atoms with van der Waals surface area (Å²) in [6, 6.07) is 7.66. The molecule has 0 amide bonds. The first-order chi connectivity index (χ1) is 15.0. The molecule has 0 bridgehead atoms. The van der Waals surface area contributed by atoms with Gasteiger partial charge in [0.2, 0.25) is 0 Å². The second-order valence-electron chi connectivity index (χ2n) is 7.36. The van der Waals surface area contributed by atoms with Gasteiger partial charge in [0.15, 0.2) is 11.7 Å². The van der Waals surface area contributed by atoms with E-state index in [4.69, 9.17) is 35.9 Å². The lowest BCUT2D eigenvalue weighted by molar-refractivity contribution is -0.100. The van der Waals surface area contributed by atoms with Gasteiger partial charge in [-0.2, -0.15) is 0 Å². The predicted octanol–water partition coefficient (Wildman–Crippen LogP) is 1.42. The van der Waals surface area contributed by atoms with E-state index < -0.39 is 27.0 Å². The van der Waals surface area contributed by atoms with Crippen molar-refractivity contribution < 1.29 is 23.4 Å². The molecule has 4 aliphatic heterocycles. The van der Waals surface area contributed by atoms with Crippen LogP contribution < -0.4 is 11.1 Å². The average molecular weight is 488 g/mol. The van der Waals surface area contributed by atoms with Crippen LogP contribution in [-0.2, 0) is 18.5 Å². The first-order valence-electron chi connectivity index (χ1n) is 9.66. The van der Waals surface area contributed by atoms with Gasteiger partial charge in [0, 0.05) is 24.1 Å². The quantitative estimate of drug-likeness (QED) is 0.539. The lowest BCUT2D eigenvalue weighted by Gasteiger charge is -2.37. The highest BCUT2D eigenvalue weighted by atomic mass is 35.5. The van der Waals surface area contributed by atoms with Gasteiger partial charge in [0.05, 0.1) is 6.61 Å². The number of amidine groups is 1. The number of nitrogens with two attached hydrogens (primary N) is 1. The number of halogens is 1. The van der Waals surface area contributed by atoms with Crippen molar-refractivity contribution >= 4 is 37.8 Å². The molecule has 4 N–H and O–H groups in total. The van der Waals surface area contributed by atoms with Crippen molar-refractivity contribution in [2.75, 3.05) is 27.4 Å². The van der Waals surface area contributed by atoms with Gasteiger partial charge in [-0.1, -0.05) is 23.4 Å². The molecule has 4 unspecified atom stereocenters. The number of thioether (sulfide) groups is 1. The van der Waals surface area contributed by atoms with Crippen molar-refractivity contribution in [1.82, 2.24) is 15.1 Å². The van der Waals surface area contributed by atoms with Gasteiger partial charge in [0.1, 0.15) is 42.3 Å². The minimum absolute atomic E-state index is 0.204. The van der Waals surface area contributed by atoms with E-state index in [1.807, 2.05) is 31.3 Å². The molecule has 4 aliphatic rings. The molecule has 6 atom stereocenters. The van der Waals surface area contributed by atoms with Gasteiger partial charge in [-0.3, -0.25) is 4.90 Å². The Hall–Kier alpha value is -1.30. The second-order valence-corrected chi connectivity index (χ2v) is 9.87. The number of hydrogen-bond donors (Lipinski definition) is 3. The number of aliphatic imine (C=N–C) groups is 1. The van der Waals surface area contributed by atoms with E-state index in [-0.39, 0.29) is 18.2 Å². The number of rotatable bonds is 4. The first-order valence-corrected chi connectivity index (χ1v) is 12.1. The number of hydrogen-bond acceptors (Lipinski definition) is 11. The molecule has 31 heavy (non-hydrogen) atoms. The highest BCUT2D eigenvalue weighted by molar-refractivity contribution is 7.99. The molecule has 1 aromatic rings. The Morgan fingerprint density at radius 3 is 2.90 bits per heavy atom. The summed E-state index contributed by atoms with van der Waals surface area (Å²) in [5.41, 5.74) is 6.85. The van der Waals surface area contributed by atoms with Crippen LogP contribution >= 0.6 is 32.0 Å². The van der Waals surface area contributed by atoms with E-state index in [0.717, 1.165) is 16.4 Å². The molecular weight excluding hydrogens is 465 g/mol. The fraction of sp³-hybridized carbons (Fsp3) is 0.500. The summed E-state index contributed by atoms with van der Waals surface area (Å²) < 4.78 is 23.1. The van der Waals surface area contributed by atoms with Gasteiger partial charge in [-0.05, 0) is 24.3 Å². The lowest BCUT2D eigenvalue weighted by Crippen LogP contribution is -2.51. The summed E-state index contributed by atoms with van der Waals surface area (Å²) in [7, 11) is 1.63. The fourth-order valence-electron chi connectivity index (χ4n) is 4.19. The van der Waals surface area contributed by atoms with E-state index in [1.165, 1.54) is 0 Å². The number of likely N-dealkylation sites (N-methyl/N-ethyl adjacent to an activating group) is 1. The minimum atomic E-state index is -1.95. The zero-order valence-corrected chi connectivity index (χ0v) is 19.3. The van der Waals surface area contributed by atoms with Crippen LogP contribution in [-0.4, -0.2) is 78.0 Å². The molecule has 0 saturated carbocycles. The van der Waals surface area contributed by atoms with E-state index in [2.05, 4.69) is 20.1 Å². The van der Waals surface area contributed by atoms with Crippen LogP contribution in [0.5, 0.6) is 0 Å². The first kappa shape index (κ1) is 21.5. The van der Waals surface area contributed by atoms with Crippen LogP contribution in [0.2, 0.25) is 5.02 Å². The molecular formula is C18H23ClN5O5PS. The Balaban J connectivity index is 1.50. The zero-order valence-electron chi connectivity index (χ0n) is 16.8. The van der Waals surface area contributed by atoms with Crippen LogP contribution in [0.25, 0.3) is 0 Å². The minimum Gasteiger partial charge on any atom is -0.382 e. The second kappa shape index (κ2) is 8.57. The number of methoxy groups -OCH3 is 1. The average Bonchev–Trinajstić information content (AvgIpc) is 3.24. The smallest absolute Gasteiger partial charge is 0.330 e. The van der Waals surface area contributed by atoms with Crippen molar-refractivity contribution in [3.8, 4) is 0 Å². The maximum Gasteiger partial charge on any atom is 0.330 e.